The van der Waals surface area contributed by atoms with Crippen molar-refractivity contribution in [2.45, 2.75) is 0 Å². The first-order chi connectivity index (χ1) is 10.2. The number of nitrogens with two attached hydrogens (primary N) is 1. The smallest absolute Gasteiger partial charge is 0.313 e. The zero-order chi connectivity index (χ0) is 14.8. The first-order valence-corrected chi connectivity index (χ1v) is 6.20. The van der Waals surface area contributed by atoms with Gasteiger partial charge >= 0.3 is 6.01 Å². The minimum Gasteiger partial charge on any atom is -0.496 e. The molecule has 0 fully saturated rings. The fourth-order valence-corrected chi connectivity index (χ4v) is 2.08. The summed E-state index contributed by atoms with van der Waals surface area (Å²) in [5.74, 6) is 0.557. The van der Waals surface area contributed by atoms with E-state index in [1.54, 1.807) is 13.2 Å². The zero-order valence-corrected chi connectivity index (χ0v) is 11.2. The van der Waals surface area contributed by atoms with Crippen LogP contribution in [0.2, 0.25) is 0 Å². The van der Waals surface area contributed by atoms with E-state index in [1.165, 1.54) is 12.1 Å². The van der Waals surface area contributed by atoms with Gasteiger partial charge in [-0.3, -0.25) is 0 Å². The Bertz CT molecular complexity index is 786. The maximum Gasteiger partial charge on any atom is 0.313 e. The number of nitrogens with zero attached hydrogens (tertiary/aromatic N) is 2. The molecule has 0 spiro atoms. The molecule has 1 aromatic heterocycles. The van der Waals surface area contributed by atoms with E-state index in [9.17, 15) is 4.39 Å². The van der Waals surface area contributed by atoms with Gasteiger partial charge in [-0.1, -0.05) is 17.2 Å². The van der Waals surface area contributed by atoms with Crippen LogP contribution in [0.5, 0.6) is 5.75 Å². The van der Waals surface area contributed by atoms with Crippen molar-refractivity contribution in [3.8, 4) is 28.3 Å². The molecule has 0 saturated heterocycles. The lowest BCUT2D eigenvalue weighted by atomic mass is 10.0. The molecule has 0 atom stereocenters. The van der Waals surface area contributed by atoms with E-state index >= 15 is 0 Å². The molecule has 3 aromatic rings. The molecule has 2 aromatic carbocycles. The molecular weight excluding hydrogens is 273 g/mol. The molecule has 106 valence electrons. The number of nitrogen functional groups attached to an aromatic ring is 1. The lowest BCUT2D eigenvalue weighted by molar-refractivity contribution is 0.415. The number of ether oxygens (including phenoxy) is 1. The van der Waals surface area contributed by atoms with E-state index in [-0.39, 0.29) is 11.8 Å². The van der Waals surface area contributed by atoms with Gasteiger partial charge in [-0.15, -0.1) is 5.10 Å². The molecule has 6 heteroatoms. The number of aromatic nitrogens is 2. The lowest BCUT2D eigenvalue weighted by Crippen LogP contribution is -1.90. The second kappa shape index (κ2) is 5.24. The summed E-state index contributed by atoms with van der Waals surface area (Å²) in [7, 11) is 1.54. The molecule has 3 rings (SSSR count). The Labute approximate surface area is 120 Å². The molecule has 0 bridgehead atoms. The highest BCUT2D eigenvalue weighted by atomic mass is 19.1. The fraction of sp³-hybridized carbons (Fsp3) is 0.0667. The molecule has 0 unspecified atom stereocenters. The highest BCUT2D eigenvalue weighted by Gasteiger charge is 2.11. The molecular formula is C15H12FN3O2. The third-order valence-electron chi connectivity index (χ3n) is 3.02. The molecule has 0 aliphatic heterocycles. The first-order valence-electron chi connectivity index (χ1n) is 6.20. The average Bonchev–Trinajstić information content (AvgIpc) is 2.94. The number of benzene rings is 2. The van der Waals surface area contributed by atoms with E-state index < -0.39 is 0 Å². The quantitative estimate of drug-likeness (QED) is 0.800. The summed E-state index contributed by atoms with van der Waals surface area (Å²) in [4.78, 5) is 0. The summed E-state index contributed by atoms with van der Waals surface area (Å²) in [6.07, 6.45) is 0. The van der Waals surface area contributed by atoms with E-state index in [0.29, 0.717) is 22.8 Å². The van der Waals surface area contributed by atoms with Crippen LogP contribution >= 0.6 is 0 Å². The van der Waals surface area contributed by atoms with Crippen molar-refractivity contribution in [1.29, 1.82) is 0 Å². The van der Waals surface area contributed by atoms with Crippen LogP contribution in [0.4, 0.5) is 10.4 Å². The van der Waals surface area contributed by atoms with E-state index in [4.69, 9.17) is 14.9 Å². The van der Waals surface area contributed by atoms with Crippen LogP contribution in [-0.4, -0.2) is 17.3 Å². The maximum absolute atomic E-state index is 13.5. The normalized spacial score (nSPS) is 10.6. The van der Waals surface area contributed by atoms with Gasteiger partial charge in [0, 0.05) is 11.1 Å². The third kappa shape index (κ3) is 2.55. The van der Waals surface area contributed by atoms with Crippen LogP contribution in [0.3, 0.4) is 0 Å². The Morgan fingerprint density at radius 3 is 2.62 bits per heavy atom. The Morgan fingerprint density at radius 2 is 1.90 bits per heavy atom. The summed E-state index contributed by atoms with van der Waals surface area (Å²) in [5, 5.41) is 7.45. The lowest BCUT2D eigenvalue weighted by Gasteiger charge is -2.09. The van der Waals surface area contributed by atoms with Gasteiger partial charge < -0.3 is 14.9 Å². The van der Waals surface area contributed by atoms with E-state index in [0.717, 1.165) is 5.56 Å². The van der Waals surface area contributed by atoms with Gasteiger partial charge in [-0.05, 0) is 35.9 Å². The monoisotopic (exact) mass is 285 g/mol. The molecule has 5 nitrogen and oxygen atoms in total. The first kappa shape index (κ1) is 13.1. The SMILES string of the molecule is COc1ccc(F)cc1-c1cccc(-c2nnc(N)o2)c1. The second-order valence-corrected chi connectivity index (χ2v) is 4.37. The molecule has 1 heterocycles. The van der Waals surface area contributed by atoms with Crippen LogP contribution in [0.25, 0.3) is 22.6 Å². The minimum absolute atomic E-state index is 0.00117. The third-order valence-corrected chi connectivity index (χ3v) is 3.02. The van der Waals surface area contributed by atoms with Gasteiger partial charge in [0.15, 0.2) is 0 Å². The number of methoxy groups -OCH3 is 1. The molecule has 2 N–H and O–H groups in total. The predicted molar refractivity (Wildman–Crippen MR) is 76.1 cm³/mol. The van der Waals surface area contributed by atoms with Crippen molar-refractivity contribution in [3.05, 3.63) is 48.3 Å². The second-order valence-electron chi connectivity index (χ2n) is 4.37. The molecule has 21 heavy (non-hydrogen) atoms. The van der Waals surface area contributed by atoms with Gasteiger partial charge in [0.05, 0.1) is 7.11 Å². The van der Waals surface area contributed by atoms with Gasteiger partial charge in [-0.25, -0.2) is 4.39 Å². The van der Waals surface area contributed by atoms with Crippen molar-refractivity contribution in [2.24, 2.45) is 0 Å². The number of hydrogen-bond acceptors (Lipinski definition) is 5. The predicted octanol–water partition coefficient (Wildman–Crippen LogP) is 3.13. The molecule has 0 radical (unpaired) electrons. The average molecular weight is 285 g/mol. The van der Waals surface area contributed by atoms with Crippen molar-refractivity contribution in [2.75, 3.05) is 12.8 Å². The highest BCUT2D eigenvalue weighted by molar-refractivity contribution is 5.74. The van der Waals surface area contributed by atoms with Crippen molar-refractivity contribution in [3.63, 3.8) is 0 Å². The summed E-state index contributed by atoms with van der Waals surface area (Å²) < 4.78 is 23.9. The van der Waals surface area contributed by atoms with Crippen LogP contribution in [-0.2, 0) is 0 Å². The van der Waals surface area contributed by atoms with Crippen LogP contribution in [0.1, 0.15) is 0 Å². The Morgan fingerprint density at radius 1 is 1.10 bits per heavy atom. The molecule has 0 aliphatic rings. The molecule has 0 saturated carbocycles. The zero-order valence-electron chi connectivity index (χ0n) is 11.2. The number of rotatable bonds is 3. The van der Waals surface area contributed by atoms with Gasteiger partial charge in [0.2, 0.25) is 5.89 Å². The summed E-state index contributed by atoms with van der Waals surface area (Å²) >= 11 is 0. The van der Waals surface area contributed by atoms with Crippen molar-refractivity contribution < 1.29 is 13.5 Å². The number of halogens is 1. The topological polar surface area (TPSA) is 74.2 Å². The molecule has 0 amide bonds. The summed E-state index contributed by atoms with van der Waals surface area (Å²) in [6, 6.07) is 11.6. The fourth-order valence-electron chi connectivity index (χ4n) is 2.08. The van der Waals surface area contributed by atoms with E-state index in [2.05, 4.69) is 10.2 Å². The van der Waals surface area contributed by atoms with Gasteiger partial charge in [0.25, 0.3) is 0 Å². The molecule has 0 aliphatic carbocycles. The summed E-state index contributed by atoms with van der Waals surface area (Å²) in [5.41, 5.74) is 7.54. The minimum atomic E-state index is -0.335. The number of hydrogen-bond donors (Lipinski definition) is 1. The Hall–Kier alpha value is -2.89. The maximum atomic E-state index is 13.5. The van der Waals surface area contributed by atoms with Gasteiger partial charge in [0.1, 0.15) is 11.6 Å². The van der Waals surface area contributed by atoms with Crippen LogP contribution in [0, 0.1) is 5.82 Å². The number of anilines is 1. The highest BCUT2D eigenvalue weighted by Crippen LogP contribution is 2.33. The van der Waals surface area contributed by atoms with E-state index in [1.807, 2.05) is 24.3 Å². The van der Waals surface area contributed by atoms with Crippen LogP contribution < -0.4 is 10.5 Å². The van der Waals surface area contributed by atoms with Crippen LogP contribution in [0.15, 0.2) is 46.9 Å². The Kier molecular flexibility index (Phi) is 3.27. The van der Waals surface area contributed by atoms with Gasteiger partial charge in [-0.2, -0.15) is 0 Å². The largest absolute Gasteiger partial charge is 0.496 e. The standard InChI is InChI=1S/C15H12FN3O2/c1-20-13-6-5-11(16)8-12(13)9-3-2-4-10(7-9)14-18-19-15(17)21-14/h2-8H,1H3,(H2,17,19). The Balaban J connectivity index is 2.10. The van der Waals surface area contributed by atoms with Crippen molar-refractivity contribution in [1.82, 2.24) is 10.2 Å². The van der Waals surface area contributed by atoms with Crippen molar-refractivity contribution >= 4 is 6.01 Å². The summed E-state index contributed by atoms with van der Waals surface area (Å²) in [6.45, 7) is 0.